The number of aromatic nitrogens is 2. The Labute approximate surface area is 163 Å². The number of hydrogen-bond donors (Lipinski definition) is 2. The summed E-state index contributed by atoms with van der Waals surface area (Å²) in [7, 11) is -3.63. The first-order chi connectivity index (χ1) is 13.5. The standard InChI is InChI=1S/C20H19N5O2S/c21-10-15-6-7-20-16(8-15)9-17(12-25(20)13-18-11-22-14-23-18)24-28(26,27)19-4-2-1-3-5-19/h1-8,11,14,17,24H,9,12-13H2,(H,22,23). The van der Waals surface area contributed by atoms with Crippen LogP contribution in [0.3, 0.4) is 0 Å². The maximum atomic E-state index is 12.8. The van der Waals surface area contributed by atoms with Crippen molar-refractivity contribution < 1.29 is 8.42 Å². The van der Waals surface area contributed by atoms with Crippen LogP contribution < -0.4 is 9.62 Å². The Morgan fingerprint density at radius 2 is 2.07 bits per heavy atom. The molecular weight excluding hydrogens is 374 g/mol. The van der Waals surface area contributed by atoms with Gasteiger partial charge in [-0.2, -0.15) is 5.26 Å². The van der Waals surface area contributed by atoms with E-state index in [0.29, 0.717) is 25.1 Å². The second-order valence-electron chi connectivity index (χ2n) is 6.75. The summed E-state index contributed by atoms with van der Waals surface area (Å²) in [5, 5.41) is 9.23. The molecule has 0 radical (unpaired) electrons. The second-order valence-corrected chi connectivity index (χ2v) is 8.46. The zero-order valence-corrected chi connectivity index (χ0v) is 15.9. The van der Waals surface area contributed by atoms with Gasteiger partial charge in [-0.15, -0.1) is 0 Å². The van der Waals surface area contributed by atoms with Crippen molar-refractivity contribution >= 4 is 15.7 Å². The zero-order chi connectivity index (χ0) is 19.6. The van der Waals surface area contributed by atoms with Gasteiger partial charge in [-0.25, -0.2) is 18.1 Å². The number of benzene rings is 2. The van der Waals surface area contributed by atoms with E-state index in [-0.39, 0.29) is 10.9 Å². The Morgan fingerprint density at radius 1 is 1.25 bits per heavy atom. The number of fused-ring (bicyclic) bond motifs is 1. The second kappa shape index (κ2) is 7.46. The summed E-state index contributed by atoms with van der Waals surface area (Å²) >= 11 is 0. The molecule has 2 heterocycles. The summed E-state index contributed by atoms with van der Waals surface area (Å²) in [6.07, 6.45) is 3.89. The lowest BCUT2D eigenvalue weighted by atomic mass is 9.96. The number of nitrogens with zero attached hydrogens (tertiary/aromatic N) is 3. The molecular formula is C20H19N5O2S. The van der Waals surface area contributed by atoms with Crippen molar-refractivity contribution in [3.63, 3.8) is 0 Å². The van der Waals surface area contributed by atoms with Crippen LogP contribution in [0.2, 0.25) is 0 Å². The number of imidazole rings is 1. The number of anilines is 1. The van der Waals surface area contributed by atoms with Crippen molar-refractivity contribution in [3.8, 4) is 6.07 Å². The van der Waals surface area contributed by atoms with Gasteiger partial charge in [-0.3, -0.25) is 0 Å². The van der Waals surface area contributed by atoms with E-state index in [0.717, 1.165) is 16.9 Å². The molecule has 0 bridgehead atoms. The molecule has 7 nitrogen and oxygen atoms in total. The molecule has 2 N–H and O–H groups in total. The highest BCUT2D eigenvalue weighted by Crippen LogP contribution is 2.30. The summed E-state index contributed by atoms with van der Waals surface area (Å²) in [6, 6.07) is 15.7. The van der Waals surface area contributed by atoms with Crippen LogP contribution in [0.1, 0.15) is 16.8 Å². The highest BCUT2D eigenvalue weighted by atomic mass is 32.2. The Balaban J connectivity index is 1.63. The van der Waals surface area contributed by atoms with Crippen LogP contribution in [0.4, 0.5) is 5.69 Å². The lowest BCUT2D eigenvalue weighted by Crippen LogP contribution is -2.48. The molecule has 0 aliphatic carbocycles. The van der Waals surface area contributed by atoms with Crippen LogP contribution in [-0.2, 0) is 23.0 Å². The van der Waals surface area contributed by atoms with Gasteiger partial charge < -0.3 is 9.88 Å². The van der Waals surface area contributed by atoms with Gasteiger partial charge in [0, 0.05) is 24.5 Å². The lowest BCUT2D eigenvalue weighted by Gasteiger charge is -2.36. The van der Waals surface area contributed by atoms with Crippen molar-refractivity contribution in [1.29, 1.82) is 5.26 Å². The minimum Gasteiger partial charge on any atom is -0.364 e. The predicted molar refractivity (Wildman–Crippen MR) is 105 cm³/mol. The van der Waals surface area contributed by atoms with Crippen molar-refractivity contribution in [2.75, 3.05) is 11.4 Å². The van der Waals surface area contributed by atoms with Crippen molar-refractivity contribution in [1.82, 2.24) is 14.7 Å². The number of H-pyrrole nitrogens is 1. The summed E-state index contributed by atoms with van der Waals surface area (Å²) < 4.78 is 28.3. The fourth-order valence-electron chi connectivity index (χ4n) is 3.51. The Hall–Kier alpha value is -3.15. The highest BCUT2D eigenvalue weighted by molar-refractivity contribution is 7.89. The summed E-state index contributed by atoms with van der Waals surface area (Å²) in [5.74, 6) is 0. The molecule has 1 aliphatic rings. The fraction of sp³-hybridized carbons (Fsp3) is 0.200. The van der Waals surface area contributed by atoms with Crippen LogP contribution in [0, 0.1) is 11.3 Å². The maximum absolute atomic E-state index is 12.8. The van der Waals surface area contributed by atoms with Crippen LogP contribution >= 0.6 is 0 Å². The van der Waals surface area contributed by atoms with Gasteiger partial charge in [0.1, 0.15) is 0 Å². The van der Waals surface area contributed by atoms with Crippen molar-refractivity contribution in [3.05, 3.63) is 77.9 Å². The van der Waals surface area contributed by atoms with E-state index >= 15 is 0 Å². The number of nitriles is 1. The summed E-state index contributed by atoms with van der Waals surface area (Å²) in [4.78, 5) is 9.48. The molecule has 1 aliphatic heterocycles. The third-order valence-electron chi connectivity index (χ3n) is 4.75. The smallest absolute Gasteiger partial charge is 0.240 e. The van der Waals surface area contributed by atoms with Gasteiger partial charge in [0.15, 0.2) is 0 Å². The molecule has 3 aromatic rings. The number of hydrogen-bond acceptors (Lipinski definition) is 5. The van der Waals surface area contributed by atoms with Gasteiger partial charge in [0.2, 0.25) is 10.0 Å². The first kappa shape index (κ1) is 18.2. The molecule has 4 rings (SSSR count). The van der Waals surface area contributed by atoms with Crippen molar-refractivity contribution in [2.24, 2.45) is 0 Å². The largest absolute Gasteiger partial charge is 0.364 e. The molecule has 1 aromatic heterocycles. The third-order valence-corrected chi connectivity index (χ3v) is 6.28. The summed E-state index contributed by atoms with van der Waals surface area (Å²) in [6.45, 7) is 1.09. The van der Waals surface area contributed by atoms with E-state index in [4.69, 9.17) is 0 Å². The molecule has 2 aromatic carbocycles. The first-order valence-corrected chi connectivity index (χ1v) is 10.4. The Bertz CT molecular complexity index is 1110. The number of sulfonamides is 1. The molecule has 0 fully saturated rings. The topological polar surface area (TPSA) is 102 Å². The van der Waals surface area contributed by atoms with E-state index in [2.05, 4.69) is 25.7 Å². The van der Waals surface area contributed by atoms with E-state index in [9.17, 15) is 13.7 Å². The SMILES string of the molecule is N#Cc1ccc2c(c1)CC(NS(=O)(=O)c1ccccc1)CN2Cc1cnc[nH]1. The molecule has 1 atom stereocenters. The van der Waals surface area contributed by atoms with Gasteiger partial charge in [0.25, 0.3) is 0 Å². The average molecular weight is 393 g/mol. The molecule has 28 heavy (non-hydrogen) atoms. The molecule has 142 valence electrons. The lowest BCUT2D eigenvalue weighted by molar-refractivity contribution is 0.524. The molecule has 0 saturated carbocycles. The predicted octanol–water partition coefficient (Wildman–Crippen LogP) is 2.19. The van der Waals surface area contributed by atoms with Crippen molar-refractivity contribution in [2.45, 2.75) is 23.9 Å². The monoisotopic (exact) mass is 393 g/mol. The van der Waals surface area contributed by atoms with Crippen LogP contribution in [0.15, 0.2) is 66.0 Å². The minimum absolute atomic E-state index is 0.242. The quantitative estimate of drug-likeness (QED) is 0.692. The van der Waals surface area contributed by atoms with Crippen LogP contribution in [0.5, 0.6) is 0 Å². The third kappa shape index (κ3) is 3.76. The normalized spacial score (nSPS) is 16.4. The first-order valence-electron chi connectivity index (χ1n) is 8.88. The van der Waals surface area contributed by atoms with Gasteiger partial charge in [0.05, 0.1) is 35.1 Å². The van der Waals surface area contributed by atoms with E-state index in [1.54, 1.807) is 48.9 Å². The summed E-state index contributed by atoms with van der Waals surface area (Å²) in [5.41, 5.74) is 3.45. The number of rotatable bonds is 5. The van der Waals surface area contributed by atoms with Gasteiger partial charge in [-0.05, 0) is 42.3 Å². The van der Waals surface area contributed by atoms with Crippen LogP contribution in [0.25, 0.3) is 0 Å². The Kier molecular flexibility index (Phi) is 4.86. The molecule has 0 amide bonds. The Morgan fingerprint density at radius 3 is 2.79 bits per heavy atom. The number of nitrogens with one attached hydrogen (secondary N) is 2. The van der Waals surface area contributed by atoms with Gasteiger partial charge in [-0.1, -0.05) is 18.2 Å². The van der Waals surface area contributed by atoms with Crippen LogP contribution in [-0.4, -0.2) is 31.0 Å². The number of aromatic amines is 1. The van der Waals surface area contributed by atoms with E-state index < -0.39 is 10.0 Å². The maximum Gasteiger partial charge on any atom is 0.240 e. The van der Waals surface area contributed by atoms with Gasteiger partial charge >= 0.3 is 0 Å². The van der Waals surface area contributed by atoms with E-state index in [1.165, 1.54) is 0 Å². The highest BCUT2D eigenvalue weighted by Gasteiger charge is 2.28. The molecule has 0 saturated heterocycles. The molecule has 8 heteroatoms. The molecule has 0 spiro atoms. The fourth-order valence-corrected chi connectivity index (χ4v) is 4.76. The van der Waals surface area contributed by atoms with E-state index in [1.807, 2.05) is 12.1 Å². The minimum atomic E-state index is -3.63. The molecule has 1 unspecified atom stereocenters. The zero-order valence-electron chi connectivity index (χ0n) is 15.0. The average Bonchev–Trinajstić information content (AvgIpc) is 3.21.